The summed E-state index contributed by atoms with van der Waals surface area (Å²) in [6, 6.07) is 0. The maximum Gasteiger partial charge on any atom is 0.305 e. The Labute approximate surface area is 138 Å². The zero-order valence-electron chi connectivity index (χ0n) is 13.0. The van der Waals surface area contributed by atoms with Gasteiger partial charge in [0.15, 0.2) is 0 Å². The number of halogens is 1. The van der Waals surface area contributed by atoms with Gasteiger partial charge in [0, 0.05) is 6.42 Å². The van der Waals surface area contributed by atoms with Crippen molar-refractivity contribution in [1.29, 1.82) is 0 Å². The van der Waals surface area contributed by atoms with Crippen molar-refractivity contribution < 1.29 is 9.53 Å². The molecule has 0 atom stereocenters. The molecule has 0 saturated heterocycles. The third-order valence-electron chi connectivity index (χ3n) is 3.40. The fraction of sp³-hybridized carbons (Fsp3) is 0.824. The molecule has 0 aliphatic carbocycles. The van der Waals surface area contributed by atoms with Gasteiger partial charge in [-0.1, -0.05) is 66.8 Å². The summed E-state index contributed by atoms with van der Waals surface area (Å²) < 4.78 is 5.91. The number of carbonyl (C=O) groups is 1. The molecule has 0 aliphatic heterocycles. The highest BCUT2D eigenvalue weighted by atomic mass is 127. The Bertz CT molecular complexity index is 239. The van der Waals surface area contributed by atoms with Crippen molar-refractivity contribution in [2.75, 3.05) is 11.5 Å². The van der Waals surface area contributed by atoms with Crippen molar-refractivity contribution in [3.63, 3.8) is 0 Å². The molecule has 0 spiro atoms. The van der Waals surface area contributed by atoms with Gasteiger partial charge >= 0.3 is 5.97 Å². The Morgan fingerprint density at radius 1 is 0.850 bits per heavy atom. The molecule has 0 N–H and O–H groups in total. The Kier molecular flexibility index (Phi) is 16.9. The third-order valence-corrected chi connectivity index (χ3v) is 4.16. The van der Waals surface area contributed by atoms with E-state index in [0.29, 0.717) is 6.42 Å². The first-order chi connectivity index (χ1) is 9.81. The zero-order chi connectivity index (χ0) is 14.9. The summed E-state index contributed by atoms with van der Waals surface area (Å²) >= 11 is 2.45. The number of ether oxygens (including phenoxy) is 1. The van der Waals surface area contributed by atoms with Gasteiger partial charge in [-0.2, -0.15) is 0 Å². The molecule has 0 aromatic heterocycles. The predicted octanol–water partition coefficient (Wildman–Crippen LogP) is 5.83. The zero-order valence-corrected chi connectivity index (χ0v) is 15.2. The minimum Gasteiger partial charge on any atom is -0.469 e. The average Bonchev–Trinajstić information content (AvgIpc) is 2.47. The molecule has 0 aromatic carbocycles. The highest BCUT2D eigenvalue weighted by Crippen LogP contribution is 2.09. The molecule has 20 heavy (non-hydrogen) atoms. The normalized spacial score (nSPS) is 11.1. The Balaban J connectivity index is 3.10. The van der Waals surface area contributed by atoms with E-state index in [4.69, 9.17) is 0 Å². The maximum atomic E-state index is 10.9. The molecule has 0 aliphatic rings. The minimum absolute atomic E-state index is 0.0774. The lowest BCUT2D eigenvalue weighted by molar-refractivity contribution is -0.140. The number of hydrogen-bond acceptors (Lipinski definition) is 2. The summed E-state index contributed by atoms with van der Waals surface area (Å²) in [6.45, 7) is 0. The van der Waals surface area contributed by atoms with Crippen LogP contribution in [0.3, 0.4) is 0 Å². The number of carbonyl (C=O) groups excluding carboxylic acids is 1. The SMILES string of the molecule is COC(=O)CCCCCCC/C=C\CCCCCCI. The second-order valence-electron chi connectivity index (χ2n) is 5.25. The maximum absolute atomic E-state index is 10.9. The van der Waals surface area contributed by atoms with E-state index in [9.17, 15) is 4.79 Å². The van der Waals surface area contributed by atoms with Gasteiger partial charge in [0.25, 0.3) is 0 Å². The topological polar surface area (TPSA) is 26.3 Å². The first-order valence-corrected chi connectivity index (χ1v) is 9.61. The van der Waals surface area contributed by atoms with E-state index in [1.54, 1.807) is 0 Å². The van der Waals surface area contributed by atoms with Crippen molar-refractivity contribution in [3.8, 4) is 0 Å². The third kappa shape index (κ3) is 16.0. The van der Waals surface area contributed by atoms with E-state index < -0.39 is 0 Å². The number of allylic oxidation sites excluding steroid dienone is 2. The molecular formula is C17H31IO2. The van der Waals surface area contributed by atoms with Gasteiger partial charge in [-0.3, -0.25) is 4.79 Å². The van der Waals surface area contributed by atoms with Crippen molar-refractivity contribution >= 4 is 28.6 Å². The molecule has 0 amide bonds. The van der Waals surface area contributed by atoms with Gasteiger partial charge in [0.1, 0.15) is 0 Å². The highest BCUT2D eigenvalue weighted by molar-refractivity contribution is 14.1. The molecule has 0 fully saturated rings. The lowest BCUT2D eigenvalue weighted by atomic mass is 10.1. The Hall–Kier alpha value is -0.0600. The van der Waals surface area contributed by atoms with Gasteiger partial charge < -0.3 is 4.74 Å². The van der Waals surface area contributed by atoms with E-state index in [-0.39, 0.29) is 5.97 Å². The summed E-state index contributed by atoms with van der Waals surface area (Å²) in [6.07, 6.45) is 19.1. The summed E-state index contributed by atoms with van der Waals surface area (Å²) in [5.41, 5.74) is 0. The lowest BCUT2D eigenvalue weighted by Gasteiger charge is -2.00. The van der Waals surface area contributed by atoms with E-state index in [2.05, 4.69) is 39.5 Å². The summed E-state index contributed by atoms with van der Waals surface area (Å²) in [5, 5.41) is 0. The van der Waals surface area contributed by atoms with Crippen LogP contribution in [-0.4, -0.2) is 17.5 Å². The predicted molar refractivity (Wildman–Crippen MR) is 95.4 cm³/mol. The quantitative estimate of drug-likeness (QED) is 0.122. The summed E-state index contributed by atoms with van der Waals surface area (Å²) in [4.78, 5) is 10.9. The van der Waals surface area contributed by atoms with Crippen molar-refractivity contribution in [3.05, 3.63) is 12.2 Å². The monoisotopic (exact) mass is 394 g/mol. The number of rotatable bonds is 14. The number of unbranched alkanes of at least 4 members (excludes halogenated alkanes) is 9. The van der Waals surface area contributed by atoms with E-state index in [1.165, 1.54) is 69.3 Å². The van der Waals surface area contributed by atoms with Crippen LogP contribution in [0.4, 0.5) is 0 Å². The first kappa shape index (κ1) is 19.9. The van der Waals surface area contributed by atoms with Crippen molar-refractivity contribution in [1.82, 2.24) is 0 Å². The molecule has 0 heterocycles. The van der Waals surface area contributed by atoms with Crippen LogP contribution >= 0.6 is 22.6 Å². The molecule has 0 saturated carbocycles. The smallest absolute Gasteiger partial charge is 0.305 e. The fourth-order valence-corrected chi connectivity index (χ4v) is 2.65. The molecule has 0 radical (unpaired) electrons. The van der Waals surface area contributed by atoms with E-state index in [1.807, 2.05) is 0 Å². The first-order valence-electron chi connectivity index (χ1n) is 8.09. The standard InChI is InChI=1S/C17H31IO2/c1-20-17(19)15-13-11-9-7-5-3-2-4-6-8-10-12-14-16-18/h2,4H,3,5-16H2,1H3/b4-2-. The molecule has 0 bridgehead atoms. The molecule has 3 heteroatoms. The van der Waals surface area contributed by atoms with Crippen LogP contribution in [0.2, 0.25) is 0 Å². The van der Waals surface area contributed by atoms with Crippen molar-refractivity contribution in [2.45, 2.75) is 77.0 Å². The van der Waals surface area contributed by atoms with Crippen LogP contribution in [0.25, 0.3) is 0 Å². The van der Waals surface area contributed by atoms with Gasteiger partial charge in [-0.25, -0.2) is 0 Å². The minimum atomic E-state index is -0.0774. The van der Waals surface area contributed by atoms with Gasteiger partial charge in [-0.05, 0) is 43.0 Å². The summed E-state index contributed by atoms with van der Waals surface area (Å²) in [5.74, 6) is -0.0774. The molecule has 118 valence electrons. The van der Waals surface area contributed by atoms with Crippen molar-refractivity contribution in [2.24, 2.45) is 0 Å². The molecular weight excluding hydrogens is 363 g/mol. The Morgan fingerprint density at radius 3 is 1.90 bits per heavy atom. The van der Waals surface area contributed by atoms with Crippen LogP contribution in [0.1, 0.15) is 77.0 Å². The molecule has 0 aromatic rings. The lowest BCUT2D eigenvalue weighted by Crippen LogP contribution is -1.98. The van der Waals surface area contributed by atoms with Crippen LogP contribution in [0.5, 0.6) is 0 Å². The second kappa shape index (κ2) is 17.0. The average molecular weight is 394 g/mol. The molecule has 0 rings (SSSR count). The Morgan fingerprint density at radius 2 is 1.35 bits per heavy atom. The van der Waals surface area contributed by atoms with E-state index in [0.717, 1.165) is 12.8 Å². The fourth-order valence-electron chi connectivity index (χ4n) is 2.11. The number of methoxy groups -OCH3 is 1. The van der Waals surface area contributed by atoms with Gasteiger partial charge in [0.05, 0.1) is 7.11 Å². The van der Waals surface area contributed by atoms with Crippen LogP contribution in [0.15, 0.2) is 12.2 Å². The summed E-state index contributed by atoms with van der Waals surface area (Å²) in [7, 11) is 1.46. The molecule has 2 nitrogen and oxygen atoms in total. The second-order valence-corrected chi connectivity index (χ2v) is 6.32. The van der Waals surface area contributed by atoms with Gasteiger partial charge in [0.2, 0.25) is 0 Å². The van der Waals surface area contributed by atoms with Crippen LogP contribution in [0, 0.1) is 0 Å². The number of alkyl halides is 1. The van der Waals surface area contributed by atoms with Crippen LogP contribution < -0.4 is 0 Å². The number of hydrogen-bond donors (Lipinski definition) is 0. The largest absolute Gasteiger partial charge is 0.469 e. The molecule has 0 unspecified atom stereocenters. The number of esters is 1. The van der Waals surface area contributed by atoms with Gasteiger partial charge in [-0.15, -0.1) is 0 Å². The van der Waals surface area contributed by atoms with E-state index >= 15 is 0 Å². The highest BCUT2D eigenvalue weighted by Gasteiger charge is 1.98. The van der Waals surface area contributed by atoms with Crippen LogP contribution in [-0.2, 0) is 9.53 Å².